The molecule has 134 valence electrons. The average molecular weight is 357 g/mol. The van der Waals surface area contributed by atoms with E-state index in [-0.39, 0.29) is 5.91 Å². The lowest BCUT2D eigenvalue weighted by Gasteiger charge is -2.10. The van der Waals surface area contributed by atoms with Crippen molar-refractivity contribution < 1.29 is 14.3 Å². The first-order valence-corrected chi connectivity index (χ1v) is 8.39. The van der Waals surface area contributed by atoms with Gasteiger partial charge < -0.3 is 14.8 Å². The molecule has 0 bridgehead atoms. The summed E-state index contributed by atoms with van der Waals surface area (Å²) in [7, 11) is 3.13. The molecular weight excluding hydrogens is 338 g/mol. The first-order chi connectivity index (χ1) is 13.2. The summed E-state index contributed by atoms with van der Waals surface area (Å²) in [5, 5.41) is 2.85. The van der Waals surface area contributed by atoms with Crippen molar-refractivity contribution >= 4 is 11.6 Å². The molecule has 3 aromatic carbocycles. The molecule has 0 aliphatic carbocycles. The molecular formula is C23H19NO3. The monoisotopic (exact) mass is 357 g/mol. The topological polar surface area (TPSA) is 47.6 Å². The van der Waals surface area contributed by atoms with E-state index in [1.54, 1.807) is 44.6 Å². The molecule has 0 heterocycles. The molecule has 0 atom stereocenters. The van der Waals surface area contributed by atoms with Gasteiger partial charge in [0, 0.05) is 40.6 Å². The van der Waals surface area contributed by atoms with Crippen molar-refractivity contribution in [2.24, 2.45) is 0 Å². The van der Waals surface area contributed by atoms with Gasteiger partial charge in [-0.1, -0.05) is 30.0 Å². The zero-order chi connectivity index (χ0) is 19.1. The Kier molecular flexibility index (Phi) is 5.76. The van der Waals surface area contributed by atoms with Crippen molar-refractivity contribution in [3.8, 4) is 23.3 Å². The molecule has 3 rings (SSSR count). The van der Waals surface area contributed by atoms with Gasteiger partial charge >= 0.3 is 0 Å². The summed E-state index contributed by atoms with van der Waals surface area (Å²) >= 11 is 0. The maximum absolute atomic E-state index is 12.5. The van der Waals surface area contributed by atoms with Crippen molar-refractivity contribution in [3.63, 3.8) is 0 Å². The molecule has 0 aliphatic rings. The van der Waals surface area contributed by atoms with E-state index in [4.69, 9.17) is 9.47 Å². The summed E-state index contributed by atoms with van der Waals surface area (Å²) in [5.41, 5.74) is 2.94. The Balaban J connectivity index is 1.72. The summed E-state index contributed by atoms with van der Waals surface area (Å²) in [6, 6.07) is 22.1. The largest absolute Gasteiger partial charge is 0.497 e. The SMILES string of the molecule is COc1cc(NC(=O)c2ccc(C#Cc3ccccc3)cc2)cc(OC)c1. The maximum atomic E-state index is 12.5. The Hall–Kier alpha value is -3.71. The zero-order valence-electron chi connectivity index (χ0n) is 15.2. The summed E-state index contributed by atoms with van der Waals surface area (Å²) in [6.07, 6.45) is 0. The van der Waals surface area contributed by atoms with Gasteiger partial charge in [0.25, 0.3) is 5.91 Å². The Morgan fingerprint density at radius 2 is 1.33 bits per heavy atom. The average Bonchev–Trinajstić information content (AvgIpc) is 2.73. The fourth-order valence-corrected chi connectivity index (χ4v) is 2.45. The molecule has 0 aliphatic heterocycles. The van der Waals surface area contributed by atoms with Crippen LogP contribution >= 0.6 is 0 Å². The molecule has 1 N–H and O–H groups in total. The number of ether oxygens (including phenoxy) is 2. The Morgan fingerprint density at radius 3 is 1.89 bits per heavy atom. The molecule has 0 saturated carbocycles. The second-order valence-electron chi connectivity index (χ2n) is 5.75. The second-order valence-corrected chi connectivity index (χ2v) is 5.75. The summed E-state index contributed by atoms with van der Waals surface area (Å²) in [4.78, 5) is 12.5. The number of hydrogen-bond acceptors (Lipinski definition) is 3. The standard InChI is InChI=1S/C23H19NO3/c1-26-21-14-20(15-22(16-21)27-2)24-23(25)19-12-10-18(11-13-19)9-8-17-6-4-3-5-7-17/h3-7,10-16H,1-2H3,(H,24,25). The number of hydrogen-bond donors (Lipinski definition) is 1. The number of anilines is 1. The van der Waals surface area contributed by atoms with Crippen LogP contribution in [0.1, 0.15) is 21.5 Å². The van der Waals surface area contributed by atoms with Gasteiger partial charge in [0.2, 0.25) is 0 Å². The predicted molar refractivity (Wildman–Crippen MR) is 106 cm³/mol. The molecule has 4 nitrogen and oxygen atoms in total. The fraction of sp³-hybridized carbons (Fsp3) is 0.0870. The van der Waals surface area contributed by atoms with E-state index in [1.165, 1.54) is 0 Å². The van der Waals surface area contributed by atoms with Crippen LogP contribution in [0.3, 0.4) is 0 Å². The Labute approximate surface area is 158 Å². The molecule has 3 aromatic rings. The minimum absolute atomic E-state index is 0.215. The highest BCUT2D eigenvalue weighted by molar-refractivity contribution is 6.04. The molecule has 4 heteroatoms. The van der Waals surface area contributed by atoms with Crippen molar-refractivity contribution in [1.82, 2.24) is 0 Å². The highest BCUT2D eigenvalue weighted by Crippen LogP contribution is 2.26. The third-order valence-corrected chi connectivity index (χ3v) is 3.88. The van der Waals surface area contributed by atoms with Gasteiger partial charge in [-0.3, -0.25) is 4.79 Å². The van der Waals surface area contributed by atoms with Crippen LogP contribution in [-0.4, -0.2) is 20.1 Å². The van der Waals surface area contributed by atoms with Crippen molar-refractivity contribution in [1.29, 1.82) is 0 Å². The predicted octanol–water partition coefficient (Wildman–Crippen LogP) is 4.36. The normalized spacial score (nSPS) is 9.70. The minimum Gasteiger partial charge on any atom is -0.497 e. The van der Waals surface area contributed by atoms with Gasteiger partial charge in [-0.2, -0.15) is 0 Å². The number of amides is 1. The van der Waals surface area contributed by atoms with E-state index in [0.29, 0.717) is 22.7 Å². The van der Waals surface area contributed by atoms with Crippen molar-refractivity contribution in [2.75, 3.05) is 19.5 Å². The molecule has 27 heavy (non-hydrogen) atoms. The van der Waals surface area contributed by atoms with Crippen molar-refractivity contribution in [2.45, 2.75) is 0 Å². The smallest absolute Gasteiger partial charge is 0.255 e. The quantitative estimate of drug-likeness (QED) is 0.706. The number of benzene rings is 3. The van der Waals surface area contributed by atoms with E-state index in [1.807, 2.05) is 42.5 Å². The summed E-state index contributed by atoms with van der Waals surface area (Å²) < 4.78 is 10.4. The van der Waals surface area contributed by atoms with Crippen LogP contribution in [0.15, 0.2) is 72.8 Å². The molecule has 1 amide bonds. The Bertz CT molecular complexity index is 961. The van der Waals surface area contributed by atoms with E-state index >= 15 is 0 Å². The van der Waals surface area contributed by atoms with Crippen molar-refractivity contribution in [3.05, 3.63) is 89.5 Å². The van der Waals surface area contributed by atoms with E-state index in [2.05, 4.69) is 17.2 Å². The van der Waals surface area contributed by atoms with Crippen LogP contribution in [0.2, 0.25) is 0 Å². The van der Waals surface area contributed by atoms with Crippen LogP contribution in [0, 0.1) is 11.8 Å². The highest BCUT2D eigenvalue weighted by Gasteiger charge is 2.08. The van der Waals surface area contributed by atoms with Gasteiger partial charge in [0.05, 0.1) is 14.2 Å². The third-order valence-electron chi connectivity index (χ3n) is 3.88. The van der Waals surface area contributed by atoms with Crippen LogP contribution in [-0.2, 0) is 0 Å². The van der Waals surface area contributed by atoms with Gasteiger partial charge in [-0.25, -0.2) is 0 Å². The van der Waals surface area contributed by atoms with Gasteiger partial charge in [0.15, 0.2) is 0 Å². The maximum Gasteiger partial charge on any atom is 0.255 e. The van der Waals surface area contributed by atoms with Crippen LogP contribution < -0.4 is 14.8 Å². The van der Waals surface area contributed by atoms with E-state index in [9.17, 15) is 4.79 Å². The first kappa shape index (κ1) is 18.1. The van der Waals surface area contributed by atoms with Crippen LogP contribution in [0.4, 0.5) is 5.69 Å². The number of nitrogens with one attached hydrogen (secondary N) is 1. The lowest BCUT2D eigenvalue weighted by Crippen LogP contribution is -2.12. The zero-order valence-corrected chi connectivity index (χ0v) is 15.2. The van der Waals surface area contributed by atoms with E-state index in [0.717, 1.165) is 11.1 Å². The first-order valence-electron chi connectivity index (χ1n) is 8.39. The molecule has 0 fully saturated rings. The lowest BCUT2D eigenvalue weighted by atomic mass is 10.1. The highest BCUT2D eigenvalue weighted by atomic mass is 16.5. The molecule has 0 saturated heterocycles. The number of carbonyl (C=O) groups excluding carboxylic acids is 1. The third kappa shape index (κ3) is 4.90. The number of carbonyl (C=O) groups is 1. The number of rotatable bonds is 4. The Morgan fingerprint density at radius 1 is 0.778 bits per heavy atom. The van der Waals surface area contributed by atoms with Gasteiger partial charge in [0.1, 0.15) is 11.5 Å². The fourth-order valence-electron chi connectivity index (χ4n) is 2.45. The molecule has 0 spiro atoms. The van der Waals surface area contributed by atoms with Gasteiger partial charge in [-0.15, -0.1) is 0 Å². The number of methoxy groups -OCH3 is 2. The van der Waals surface area contributed by atoms with Crippen LogP contribution in [0.25, 0.3) is 0 Å². The van der Waals surface area contributed by atoms with E-state index < -0.39 is 0 Å². The van der Waals surface area contributed by atoms with Crippen LogP contribution in [0.5, 0.6) is 11.5 Å². The second kappa shape index (κ2) is 8.59. The summed E-state index contributed by atoms with van der Waals surface area (Å²) in [5.74, 6) is 7.19. The minimum atomic E-state index is -0.215. The molecule has 0 unspecified atom stereocenters. The lowest BCUT2D eigenvalue weighted by molar-refractivity contribution is 0.102. The molecule has 0 radical (unpaired) electrons. The molecule has 0 aromatic heterocycles. The summed E-state index contributed by atoms with van der Waals surface area (Å²) in [6.45, 7) is 0. The van der Waals surface area contributed by atoms with Gasteiger partial charge in [-0.05, 0) is 36.4 Å².